The number of rotatable bonds is 9. The Morgan fingerprint density at radius 2 is 1.82 bits per heavy atom. The van der Waals surface area contributed by atoms with Gasteiger partial charge in [-0.1, -0.05) is 44.2 Å². The van der Waals surface area contributed by atoms with Crippen LogP contribution in [0.5, 0.6) is 0 Å². The van der Waals surface area contributed by atoms with Gasteiger partial charge in [0.2, 0.25) is 5.91 Å². The molecule has 0 bridgehead atoms. The maximum Gasteiger partial charge on any atom is 0.258 e. The first kappa shape index (κ1) is 28.6. The van der Waals surface area contributed by atoms with Crippen LogP contribution in [0, 0.1) is 17.7 Å². The van der Waals surface area contributed by atoms with E-state index in [1.165, 1.54) is 61.9 Å². The lowest BCUT2D eigenvalue weighted by atomic mass is 9.79. The number of pyridine rings is 1. The highest BCUT2D eigenvalue weighted by Gasteiger charge is 2.43. The van der Waals surface area contributed by atoms with Gasteiger partial charge >= 0.3 is 0 Å². The predicted molar refractivity (Wildman–Crippen MR) is 141 cm³/mol. The molecule has 4 rings (SSSR count). The monoisotopic (exact) mass is 548 g/mol. The van der Waals surface area contributed by atoms with Gasteiger partial charge in [0.05, 0.1) is 30.1 Å². The molecule has 2 heterocycles. The Balaban J connectivity index is 1.50. The zero-order chi connectivity index (χ0) is 27.5. The van der Waals surface area contributed by atoms with E-state index >= 15 is 0 Å². The SMILES string of the molecule is CC(C)(CO)NS(=O)(=O)c1ccc(NC(=O)[C@@H]2C[C@@H](C3CCCCC3)CN2C(O)c2ccc(F)cc2)cn1. The Labute approximate surface area is 223 Å². The molecule has 0 radical (unpaired) electrons. The molecule has 1 saturated carbocycles. The number of hydrogen-bond donors (Lipinski definition) is 4. The van der Waals surface area contributed by atoms with E-state index in [1.54, 1.807) is 18.7 Å². The van der Waals surface area contributed by atoms with E-state index in [1.807, 2.05) is 0 Å². The number of nitrogens with zero attached hydrogens (tertiary/aromatic N) is 2. The van der Waals surface area contributed by atoms with Crippen LogP contribution in [0.2, 0.25) is 0 Å². The van der Waals surface area contributed by atoms with Crippen LogP contribution in [0.25, 0.3) is 0 Å². The number of halogens is 1. The number of aromatic nitrogens is 1. The van der Waals surface area contributed by atoms with Crippen molar-refractivity contribution in [2.75, 3.05) is 18.5 Å². The summed E-state index contributed by atoms with van der Waals surface area (Å²) in [6, 6.07) is 7.77. The number of carbonyl (C=O) groups excluding carboxylic acids is 1. The third-order valence-corrected chi connectivity index (χ3v) is 9.17. The molecule has 1 aliphatic heterocycles. The van der Waals surface area contributed by atoms with Gasteiger partial charge in [-0.15, -0.1) is 0 Å². The van der Waals surface area contributed by atoms with E-state index in [0.717, 1.165) is 12.8 Å². The zero-order valence-corrected chi connectivity index (χ0v) is 22.6. The normalized spacial score (nSPS) is 22.3. The summed E-state index contributed by atoms with van der Waals surface area (Å²) >= 11 is 0. The molecule has 1 aromatic heterocycles. The van der Waals surface area contributed by atoms with Crippen LogP contribution in [0.4, 0.5) is 10.1 Å². The molecular formula is C27H37FN4O5S. The summed E-state index contributed by atoms with van der Waals surface area (Å²) in [5.74, 6) is 0.0327. The van der Waals surface area contributed by atoms with E-state index in [2.05, 4.69) is 15.0 Å². The third kappa shape index (κ3) is 6.76. The van der Waals surface area contributed by atoms with Crippen molar-refractivity contribution in [3.63, 3.8) is 0 Å². The second-order valence-electron chi connectivity index (χ2n) is 11.1. The van der Waals surface area contributed by atoms with Gasteiger partial charge in [-0.2, -0.15) is 0 Å². The average Bonchev–Trinajstić information content (AvgIpc) is 3.35. The number of hydrogen-bond acceptors (Lipinski definition) is 7. The Kier molecular flexibility index (Phi) is 8.83. The van der Waals surface area contributed by atoms with Crippen molar-refractivity contribution in [1.82, 2.24) is 14.6 Å². The standard InChI is InChI=1S/C27H37FN4O5S/c1-27(2,17-33)31-38(36,37)24-13-12-22(15-29-24)30-25(34)23-14-20(18-6-4-3-5-7-18)16-32(23)26(35)19-8-10-21(28)11-9-19/h8-13,15,18,20,23,26,31,33,35H,3-7,14,16-17H2,1-2H3,(H,30,34)/t20-,23+,26?/m1/s1. The van der Waals surface area contributed by atoms with E-state index in [9.17, 15) is 27.8 Å². The lowest BCUT2D eigenvalue weighted by Gasteiger charge is -2.30. The zero-order valence-electron chi connectivity index (χ0n) is 21.8. The van der Waals surface area contributed by atoms with Crippen molar-refractivity contribution in [2.45, 2.75) is 75.2 Å². The number of aliphatic hydroxyl groups excluding tert-OH is 2. The highest BCUT2D eigenvalue weighted by molar-refractivity contribution is 7.89. The third-order valence-electron chi connectivity index (χ3n) is 7.56. The number of benzene rings is 1. The lowest BCUT2D eigenvalue weighted by molar-refractivity contribution is -0.124. The molecule has 3 atom stereocenters. The maximum atomic E-state index is 13.5. The van der Waals surface area contributed by atoms with Gasteiger partial charge in [0, 0.05) is 6.54 Å². The summed E-state index contributed by atoms with van der Waals surface area (Å²) in [6.45, 7) is 3.27. The summed E-state index contributed by atoms with van der Waals surface area (Å²) in [6.07, 6.45) is 6.59. The second-order valence-corrected chi connectivity index (χ2v) is 12.7. The Hall–Kier alpha value is -2.44. The van der Waals surface area contributed by atoms with E-state index in [4.69, 9.17) is 0 Å². The fourth-order valence-corrected chi connectivity index (χ4v) is 6.82. The Morgan fingerprint density at radius 1 is 1.13 bits per heavy atom. The van der Waals surface area contributed by atoms with E-state index in [-0.39, 0.29) is 23.5 Å². The van der Waals surface area contributed by atoms with Gasteiger partial charge in [-0.25, -0.2) is 22.5 Å². The first-order chi connectivity index (χ1) is 18.0. The smallest absolute Gasteiger partial charge is 0.258 e. The van der Waals surface area contributed by atoms with Crippen molar-refractivity contribution >= 4 is 21.6 Å². The van der Waals surface area contributed by atoms with Crippen LogP contribution in [0.15, 0.2) is 47.6 Å². The molecule has 4 N–H and O–H groups in total. The molecule has 1 unspecified atom stereocenters. The van der Waals surface area contributed by atoms with Crippen molar-refractivity contribution < 1.29 is 27.8 Å². The van der Waals surface area contributed by atoms with Crippen molar-refractivity contribution in [2.24, 2.45) is 11.8 Å². The Bertz CT molecular complexity index is 1200. The average molecular weight is 549 g/mol. The maximum absolute atomic E-state index is 13.5. The van der Waals surface area contributed by atoms with Crippen LogP contribution >= 0.6 is 0 Å². The van der Waals surface area contributed by atoms with Crippen molar-refractivity contribution in [3.05, 3.63) is 54.0 Å². The molecule has 9 nitrogen and oxygen atoms in total. The molecule has 1 aliphatic carbocycles. The number of likely N-dealkylation sites (tertiary alicyclic amines) is 1. The fraction of sp³-hybridized carbons (Fsp3) is 0.556. The molecule has 2 aliphatic rings. The van der Waals surface area contributed by atoms with Gasteiger partial charge in [-0.3, -0.25) is 9.69 Å². The summed E-state index contributed by atoms with van der Waals surface area (Å²) in [5.41, 5.74) is -0.213. The second kappa shape index (κ2) is 11.7. The van der Waals surface area contributed by atoms with E-state index in [0.29, 0.717) is 30.1 Å². The molecule has 11 heteroatoms. The quantitative estimate of drug-likeness (QED) is 0.378. The summed E-state index contributed by atoms with van der Waals surface area (Å²) in [7, 11) is -3.97. The van der Waals surface area contributed by atoms with Gasteiger partial charge in [-0.05, 0) is 61.9 Å². The number of carbonyl (C=O) groups is 1. The van der Waals surface area contributed by atoms with Gasteiger partial charge < -0.3 is 15.5 Å². The van der Waals surface area contributed by atoms with Crippen LogP contribution in [-0.2, 0) is 14.8 Å². The molecule has 0 spiro atoms. The molecule has 2 aromatic rings. The van der Waals surface area contributed by atoms with Crippen LogP contribution in [-0.4, -0.2) is 59.2 Å². The molecule has 1 amide bonds. The van der Waals surface area contributed by atoms with Crippen LogP contribution < -0.4 is 10.0 Å². The molecule has 1 aromatic carbocycles. The number of sulfonamides is 1. The highest BCUT2D eigenvalue weighted by Crippen LogP contribution is 2.40. The molecule has 38 heavy (non-hydrogen) atoms. The molecule has 208 valence electrons. The van der Waals surface area contributed by atoms with Gasteiger partial charge in [0.25, 0.3) is 10.0 Å². The minimum absolute atomic E-state index is 0.233. The van der Waals surface area contributed by atoms with Crippen molar-refractivity contribution in [3.8, 4) is 0 Å². The lowest BCUT2D eigenvalue weighted by Crippen LogP contribution is -2.46. The van der Waals surface area contributed by atoms with Crippen LogP contribution in [0.1, 0.15) is 64.2 Å². The fourth-order valence-electron chi connectivity index (χ4n) is 5.48. The largest absolute Gasteiger partial charge is 0.394 e. The highest BCUT2D eigenvalue weighted by atomic mass is 32.2. The topological polar surface area (TPSA) is 132 Å². The number of aliphatic hydroxyl groups is 2. The number of nitrogens with one attached hydrogen (secondary N) is 2. The van der Waals surface area contributed by atoms with Crippen LogP contribution in [0.3, 0.4) is 0 Å². The number of anilines is 1. The first-order valence-electron chi connectivity index (χ1n) is 13.1. The summed E-state index contributed by atoms with van der Waals surface area (Å²) in [5, 5.41) is 23.1. The number of amides is 1. The minimum Gasteiger partial charge on any atom is -0.394 e. The summed E-state index contributed by atoms with van der Waals surface area (Å²) in [4.78, 5) is 19.2. The molecule has 1 saturated heterocycles. The first-order valence-corrected chi connectivity index (χ1v) is 14.6. The molecular weight excluding hydrogens is 511 g/mol. The van der Waals surface area contributed by atoms with Gasteiger partial charge in [0.1, 0.15) is 12.0 Å². The van der Waals surface area contributed by atoms with E-state index < -0.39 is 33.6 Å². The van der Waals surface area contributed by atoms with Crippen molar-refractivity contribution in [1.29, 1.82) is 0 Å². The Morgan fingerprint density at radius 3 is 2.42 bits per heavy atom. The summed E-state index contributed by atoms with van der Waals surface area (Å²) < 4.78 is 41.0. The minimum atomic E-state index is -3.97. The molecule has 2 fully saturated rings. The predicted octanol–water partition coefficient (Wildman–Crippen LogP) is 3.17. The van der Waals surface area contributed by atoms with Gasteiger partial charge in [0.15, 0.2) is 5.03 Å².